The van der Waals surface area contributed by atoms with Crippen molar-refractivity contribution >= 4 is 17.2 Å². The van der Waals surface area contributed by atoms with Crippen LogP contribution in [0.1, 0.15) is 67.5 Å². The van der Waals surface area contributed by atoms with E-state index < -0.39 is 5.54 Å². The van der Waals surface area contributed by atoms with Gasteiger partial charge in [0.1, 0.15) is 5.54 Å². The predicted molar refractivity (Wildman–Crippen MR) is 87.2 cm³/mol. The molecule has 0 spiro atoms. The van der Waals surface area contributed by atoms with E-state index in [-0.39, 0.29) is 5.91 Å². The highest BCUT2D eigenvalue weighted by Crippen LogP contribution is 2.41. The Balaban J connectivity index is 1.53. The lowest BCUT2D eigenvalue weighted by atomic mass is 9.81. The Bertz CT molecular complexity index is 670. The summed E-state index contributed by atoms with van der Waals surface area (Å²) < 4.78 is 5.57. The van der Waals surface area contributed by atoms with Gasteiger partial charge in [-0.2, -0.15) is 4.98 Å². The highest BCUT2D eigenvalue weighted by Gasteiger charge is 2.41. The molecule has 0 radical (unpaired) electrons. The molecule has 2 aliphatic rings. The lowest BCUT2D eigenvalue weighted by Gasteiger charge is -2.34. The molecule has 2 aliphatic carbocycles. The summed E-state index contributed by atoms with van der Waals surface area (Å²) in [5.74, 6) is 1.94. The molecule has 1 amide bonds. The van der Waals surface area contributed by atoms with Crippen LogP contribution < -0.4 is 5.32 Å². The molecular weight excluding hydrogens is 310 g/mol. The Morgan fingerprint density at radius 2 is 2.17 bits per heavy atom. The molecule has 4 rings (SSSR count). The lowest BCUT2D eigenvalue weighted by molar-refractivity contribution is -0.123. The minimum Gasteiger partial charge on any atom is -0.341 e. The van der Waals surface area contributed by atoms with Crippen molar-refractivity contribution in [3.05, 3.63) is 34.1 Å². The van der Waals surface area contributed by atoms with E-state index in [0.717, 1.165) is 49.2 Å². The average molecular weight is 331 g/mol. The molecule has 0 unspecified atom stereocenters. The van der Waals surface area contributed by atoms with Crippen molar-refractivity contribution in [3.63, 3.8) is 0 Å². The molecule has 0 bridgehead atoms. The molecule has 2 saturated carbocycles. The van der Waals surface area contributed by atoms with Gasteiger partial charge in [0.05, 0.1) is 6.42 Å². The largest absolute Gasteiger partial charge is 0.341 e. The number of amides is 1. The van der Waals surface area contributed by atoms with Gasteiger partial charge in [-0.3, -0.25) is 4.79 Å². The van der Waals surface area contributed by atoms with E-state index in [2.05, 4.69) is 15.5 Å². The highest BCUT2D eigenvalue weighted by atomic mass is 32.1. The van der Waals surface area contributed by atoms with Crippen LogP contribution in [-0.2, 0) is 16.8 Å². The van der Waals surface area contributed by atoms with Crippen LogP contribution in [0.15, 0.2) is 22.0 Å². The first kappa shape index (κ1) is 14.9. The summed E-state index contributed by atoms with van der Waals surface area (Å²) >= 11 is 1.61. The number of nitrogens with one attached hydrogen (secondary N) is 1. The highest BCUT2D eigenvalue weighted by molar-refractivity contribution is 7.10. The number of nitrogens with zero attached hydrogens (tertiary/aromatic N) is 2. The monoisotopic (exact) mass is 331 g/mol. The second-order valence-electron chi connectivity index (χ2n) is 6.68. The van der Waals surface area contributed by atoms with Crippen LogP contribution in [0.2, 0.25) is 0 Å². The SMILES string of the molecule is O=C(Cc1cccs1)NC1(c2nc(C3CC3)no2)CCCCC1. The number of aromatic nitrogens is 2. The van der Waals surface area contributed by atoms with E-state index >= 15 is 0 Å². The minimum atomic E-state index is -0.466. The molecule has 2 aromatic heterocycles. The maximum Gasteiger partial charge on any atom is 0.252 e. The molecular formula is C17H21N3O2S. The van der Waals surface area contributed by atoms with Crippen molar-refractivity contribution in [1.82, 2.24) is 15.5 Å². The van der Waals surface area contributed by atoms with Crippen molar-refractivity contribution < 1.29 is 9.32 Å². The number of carbonyl (C=O) groups excluding carboxylic acids is 1. The normalized spacial score (nSPS) is 20.3. The predicted octanol–water partition coefficient (Wildman–Crippen LogP) is 3.53. The van der Waals surface area contributed by atoms with Crippen LogP contribution in [0.4, 0.5) is 0 Å². The van der Waals surface area contributed by atoms with E-state index in [0.29, 0.717) is 18.2 Å². The molecule has 0 aliphatic heterocycles. The van der Waals surface area contributed by atoms with Crippen LogP contribution >= 0.6 is 11.3 Å². The second-order valence-corrected chi connectivity index (χ2v) is 7.71. The van der Waals surface area contributed by atoms with Gasteiger partial charge < -0.3 is 9.84 Å². The summed E-state index contributed by atoms with van der Waals surface area (Å²) in [7, 11) is 0. The molecule has 6 heteroatoms. The Morgan fingerprint density at radius 3 is 2.87 bits per heavy atom. The molecule has 2 aromatic rings. The van der Waals surface area contributed by atoms with Gasteiger partial charge in [0, 0.05) is 10.8 Å². The topological polar surface area (TPSA) is 68.0 Å². The molecule has 2 fully saturated rings. The van der Waals surface area contributed by atoms with Gasteiger partial charge in [-0.15, -0.1) is 11.3 Å². The van der Waals surface area contributed by atoms with E-state index in [1.54, 1.807) is 11.3 Å². The van der Waals surface area contributed by atoms with E-state index in [4.69, 9.17) is 4.52 Å². The fourth-order valence-corrected chi connectivity index (χ4v) is 4.07. The summed E-state index contributed by atoms with van der Waals surface area (Å²) in [6, 6.07) is 3.97. The number of rotatable bonds is 5. The van der Waals surface area contributed by atoms with Gasteiger partial charge in [0.2, 0.25) is 5.91 Å². The van der Waals surface area contributed by atoms with E-state index in [1.165, 1.54) is 6.42 Å². The third-order valence-corrected chi connectivity index (χ3v) is 5.67. The Kier molecular flexibility index (Phi) is 3.93. The standard InChI is InChI=1S/C17H21N3O2S/c21-14(11-13-5-4-10-23-13)19-17(8-2-1-3-9-17)16-18-15(20-22-16)12-6-7-12/h4-5,10,12H,1-3,6-9,11H2,(H,19,21). The van der Waals surface area contributed by atoms with E-state index in [9.17, 15) is 4.79 Å². The van der Waals surface area contributed by atoms with Crippen LogP contribution in [0.3, 0.4) is 0 Å². The van der Waals surface area contributed by atoms with Crippen molar-refractivity contribution in [2.45, 2.75) is 62.8 Å². The van der Waals surface area contributed by atoms with Gasteiger partial charge in [-0.25, -0.2) is 0 Å². The zero-order valence-corrected chi connectivity index (χ0v) is 13.9. The smallest absolute Gasteiger partial charge is 0.252 e. The summed E-state index contributed by atoms with van der Waals surface area (Å²) in [5.41, 5.74) is -0.466. The number of thiophene rings is 1. The summed E-state index contributed by atoms with van der Waals surface area (Å²) in [6.07, 6.45) is 7.86. The van der Waals surface area contributed by atoms with E-state index in [1.807, 2.05) is 17.5 Å². The maximum absolute atomic E-state index is 12.5. The maximum atomic E-state index is 12.5. The van der Waals surface area contributed by atoms with Crippen LogP contribution in [-0.4, -0.2) is 16.0 Å². The van der Waals surface area contributed by atoms with Crippen LogP contribution in [0, 0.1) is 0 Å². The van der Waals surface area contributed by atoms with Gasteiger partial charge in [-0.05, 0) is 37.1 Å². The fourth-order valence-electron chi connectivity index (χ4n) is 3.37. The van der Waals surface area contributed by atoms with Crippen molar-refractivity contribution in [1.29, 1.82) is 0 Å². The Morgan fingerprint density at radius 1 is 1.35 bits per heavy atom. The molecule has 1 N–H and O–H groups in total. The molecule has 0 saturated heterocycles. The van der Waals surface area contributed by atoms with Crippen LogP contribution in [0.25, 0.3) is 0 Å². The van der Waals surface area contributed by atoms with Gasteiger partial charge >= 0.3 is 0 Å². The molecule has 5 nitrogen and oxygen atoms in total. The Hall–Kier alpha value is -1.69. The van der Waals surface area contributed by atoms with Crippen molar-refractivity contribution in [3.8, 4) is 0 Å². The first-order valence-electron chi connectivity index (χ1n) is 8.43. The quantitative estimate of drug-likeness (QED) is 0.910. The summed E-state index contributed by atoms with van der Waals surface area (Å²) in [5, 5.41) is 9.38. The van der Waals surface area contributed by atoms with Crippen LogP contribution in [0.5, 0.6) is 0 Å². The molecule has 23 heavy (non-hydrogen) atoms. The van der Waals surface area contributed by atoms with Gasteiger partial charge in [0.15, 0.2) is 5.82 Å². The lowest BCUT2D eigenvalue weighted by Crippen LogP contribution is -2.48. The van der Waals surface area contributed by atoms with Crippen molar-refractivity contribution in [2.24, 2.45) is 0 Å². The van der Waals surface area contributed by atoms with Gasteiger partial charge in [0.25, 0.3) is 5.89 Å². The zero-order valence-electron chi connectivity index (χ0n) is 13.1. The number of hydrogen-bond donors (Lipinski definition) is 1. The number of carbonyl (C=O) groups is 1. The Labute approximate surface area is 139 Å². The molecule has 122 valence electrons. The second kappa shape index (κ2) is 6.07. The average Bonchev–Trinajstić information content (AvgIpc) is 3.07. The first-order valence-corrected chi connectivity index (χ1v) is 9.31. The van der Waals surface area contributed by atoms with Crippen molar-refractivity contribution in [2.75, 3.05) is 0 Å². The third-order valence-electron chi connectivity index (χ3n) is 4.79. The fraction of sp³-hybridized carbons (Fsp3) is 0.588. The van der Waals surface area contributed by atoms with Gasteiger partial charge in [-0.1, -0.05) is 30.5 Å². The third kappa shape index (κ3) is 3.17. The summed E-state index contributed by atoms with van der Waals surface area (Å²) in [6.45, 7) is 0. The zero-order chi connectivity index (χ0) is 15.7. The number of hydrogen-bond acceptors (Lipinski definition) is 5. The minimum absolute atomic E-state index is 0.0421. The molecule has 2 heterocycles. The molecule has 0 atom stereocenters. The summed E-state index contributed by atoms with van der Waals surface area (Å²) in [4.78, 5) is 18.2. The molecule has 0 aromatic carbocycles. The first-order chi connectivity index (χ1) is 11.3.